The number of aryl methyl sites for hydroxylation is 1. The molecule has 1 amide bonds. The number of fused-ring (bicyclic) bond motifs is 1. The smallest absolute Gasteiger partial charge is 0.253 e. The van der Waals surface area contributed by atoms with E-state index in [0.717, 1.165) is 48.4 Å². The Balaban J connectivity index is 1.17. The summed E-state index contributed by atoms with van der Waals surface area (Å²) >= 11 is 0. The average molecular weight is 494 g/mol. The molecule has 0 radical (unpaired) electrons. The molecule has 11 heteroatoms. The van der Waals surface area contributed by atoms with Gasteiger partial charge in [0, 0.05) is 55.7 Å². The molecule has 3 N–H and O–H groups in total. The number of sulfonamides is 1. The molecule has 0 spiro atoms. The number of hydrogen-bond donors (Lipinski definition) is 2. The van der Waals surface area contributed by atoms with E-state index in [2.05, 4.69) is 20.2 Å². The average Bonchev–Trinajstić information content (AvgIpc) is 3.27. The van der Waals surface area contributed by atoms with Gasteiger partial charge in [0.25, 0.3) is 5.91 Å². The van der Waals surface area contributed by atoms with Gasteiger partial charge in [-0.05, 0) is 55.7 Å². The van der Waals surface area contributed by atoms with E-state index < -0.39 is 10.0 Å². The molecule has 1 aromatic carbocycles. The van der Waals surface area contributed by atoms with E-state index in [4.69, 9.17) is 10.1 Å². The summed E-state index contributed by atoms with van der Waals surface area (Å²) in [6.07, 6.45) is 7.16. The highest BCUT2D eigenvalue weighted by Crippen LogP contribution is 2.28. The summed E-state index contributed by atoms with van der Waals surface area (Å²) in [6.45, 7) is 4.84. The largest absolute Gasteiger partial charge is 0.339 e. The molecule has 182 valence electrons. The van der Waals surface area contributed by atoms with Crippen molar-refractivity contribution in [3.05, 3.63) is 71.3 Å². The Labute approximate surface area is 204 Å². The van der Waals surface area contributed by atoms with Crippen molar-refractivity contribution in [2.24, 2.45) is 5.14 Å². The first-order chi connectivity index (χ1) is 16.8. The maximum atomic E-state index is 12.9. The first-order valence-electron chi connectivity index (χ1n) is 11.5. The molecule has 4 heterocycles. The molecule has 3 aromatic rings. The topological polar surface area (TPSA) is 134 Å². The normalized spacial score (nSPS) is 16.8. The van der Waals surface area contributed by atoms with Crippen molar-refractivity contribution in [3.63, 3.8) is 0 Å². The summed E-state index contributed by atoms with van der Waals surface area (Å²) in [5, 5.41) is 8.37. The lowest BCUT2D eigenvalue weighted by Crippen LogP contribution is -2.45. The van der Waals surface area contributed by atoms with Gasteiger partial charge in [0.2, 0.25) is 16.0 Å². The molecule has 2 aliphatic heterocycles. The van der Waals surface area contributed by atoms with Crippen LogP contribution in [0.4, 0.5) is 11.6 Å². The summed E-state index contributed by atoms with van der Waals surface area (Å²) in [4.78, 5) is 30.5. The number of likely N-dealkylation sites (tertiary alicyclic amines) is 1. The van der Waals surface area contributed by atoms with E-state index in [9.17, 15) is 13.2 Å². The van der Waals surface area contributed by atoms with Crippen LogP contribution in [-0.4, -0.2) is 58.2 Å². The van der Waals surface area contributed by atoms with Crippen molar-refractivity contribution in [2.75, 3.05) is 18.4 Å². The highest BCUT2D eigenvalue weighted by molar-refractivity contribution is 7.89. The number of primary sulfonamides is 1. The second-order valence-corrected chi connectivity index (χ2v) is 10.6. The molecular weight excluding hydrogens is 466 g/mol. The highest BCUT2D eigenvalue weighted by Gasteiger charge is 2.31. The Morgan fingerprint density at radius 1 is 1.09 bits per heavy atom. The minimum absolute atomic E-state index is 0.00152. The second kappa shape index (κ2) is 9.33. The highest BCUT2D eigenvalue weighted by atomic mass is 32.2. The lowest BCUT2D eigenvalue weighted by Gasteiger charge is -2.36. The first-order valence-corrected chi connectivity index (χ1v) is 13.0. The quantitative estimate of drug-likeness (QED) is 0.552. The molecular formula is C24H27N7O3S. The fourth-order valence-electron chi connectivity index (χ4n) is 4.65. The number of benzene rings is 1. The van der Waals surface area contributed by atoms with Gasteiger partial charge in [0.1, 0.15) is 0 Å². The molecule has 0 bridgehead atoms. The summed E-state index contributed by atoms with van der Waals surface area (Å²) in [5.41, 5.74) is 4.54. The number of rotatable bonds is 5. The minimum atomic E-state index is -3.78. The van der Waals surface area contributed by atoms with Crippen molar-refractivity contribution in [2.45, 2.75) is 43.8 Å². The molecule has 1 saturated heterocycles. The third-order valence-electron chi connectivity index (χ3n) is 6.51. The SMILES string of the molecule is Cc1cncc(Nc2ncc3c(n2)CN(C2CCN(C(=O)c4ccc(S(N)(=O)=O)cc4)CC2)C3)c1. The summed E-state index contributed by atoms with van der Waals surface area (Å²) < 4.78 is 22.9. The maximum absolute atomic E-state index is 12.9. The third-order valence-corrected chi connectivity index (χ3v) is 7.44. The van der Waals surface area contributed by atoms with Crippen LogP contribution in [0.25, 0.3) is 0 Å². The van der Waals surface area contributed by atoms with Crippen molar-refractivity contribution in [1.82, 2.24) is 24.8 Å². The molecule has 0 aliphatic carbocycles. The van der Waals surface area contributed by atoms with Gasteiger partial charge in [0.15, 0.2) is 0 Å². The number of carbonyl (C=O) groups is 1. The van der Waals surface area contributed by atoms with Crippen LogP contribution in [0, 0.1) is 6.92 Å². The summed E-state index contributed by atoms with van der Waals surface area (Å²) in [5.74, 6) is 0.466. The first kappa shape index (κ1) is 23.3. The van der Waals surface area contributed by atoms with E-state index in [1.807, 2.05) is 24.1 Å². The fraction of sp³-hybridized carbons (Fsp3) is 0.333. The Hall–Kier alpha value is -3.41. The number of nitrogens with zero attached hydrogens (tertiary/aromatic N) is 5. The second-order valence-electron chi connectivity index (χ2n) is 9.04. The summed E-state index contributed by atoms with van der Waals surface area (Å²) in [6, 6.07) is 8.13. The molecule has 0 saturated carbocycles. The Kier molecular flexibility index (Phi) is 6.22. The van der Waals surface area contributed by atoms with Crippen molar-refractivity contribution >= 4 is 27.6 Å². The van der Waals surface area contributed by atoms with Crippen LogP contribution in [0.3, 0.4) is 0 Å². The number of piperidine rings is 1. The predicted molar refractivity (Wildman–Crippen MR) is 130 cm³/mol. The van der Waals surface area contributed by atoms with Crippen LogP contribution >= 0.6 is 0 Å². The molecule has 10 nitrogen and oxygen atoms in total. The molecule has 1 fully saturated rings. The van der Waals surface area contributed by atoms with Crippen molar-refractivity contribution < 1.29 is 13.2 Å². The zero-order valence-electron chi connectivity index (χ0n) is 19.4. The van der Waals surface area contributed by atoms with Crippen LogP contribution in [0.15, 0.2) is 53.8 Å². The Morgan fingerprint density at radius 2 is 1.83 bits per heavy atom. The van der Waals surface area contributed by atoms with Gasteiger partial charge < -0.3 is 10.2 Å². The lowest BCUT2D eigenvalue weighted by atomic mass is 10.0. The lowest BCUT2D eigenvalue weighted by molar-refractivity contribution is 0.0613. The van der Waals surface area contributed by atoms with Gasteiger partial charge in [-0.3, -0.25) is 14.7 Å². The Bertz CT molecular complexity index is 1350. The number of pyridine rings is 1. The Morgan fingerprint density at radius 3 is 2.51 bits per heavy atom. The van der Waals surface area contributed by atoms with Crippen molar-refractivity contribution in [3.8, 4) is 0 Å². The summed E-state index contributed by atoms with van der Waals surface area (Å²) in [7, 11) is -3.78. The standard InChI is InChI=1S/C24H27N7O3S/c1-16-10-19(13-26-11-16)28-24-27-12-18-14-31(15-22(18)29-24)20-6-8-30(9-7-20)23(32)17-2-4-21(5-3-17)35(25,33)34/h2-5,10-13,20H,6-9,14-15H2,1H3,(H2,25,33,34)(H,27,28,29). The number of amides is 1. The molecule has 0 unspecified atom stereocenters. The molecule has 2 aromatic heterocycles. The molecule has 5 rings (SSSR count). The van der Waals surface area contributed by atoms with Crippen LogP contribution in [0.2, 0.25) is 0 Å². The third kappa shape index (κ3) is 5.16. The van der Waals surface area contributed by atoms with Gasteiger partial charge in [-0.1, -0.05) is 0 Å². The number of anilines is 2. The monoisotopic (exact) mass is 493 g/mol. The van der Waals surface area contributed by atoms with E-state index in [1.165, 1.54) is 24.3 Å². The van der Waals surface area contributed by atoms with Gasteiger partial charge in [-0.2, -0.15) is 0 Å². The van der Waals surface area contributed by atoms with Crippen LogP contribution in [0.5, 0.6) is 0 Å². The van der Waals surface area contributed by atoms with Gasteiger partial charge in [-0.25, -0.2) is 23.5 Å². The van der Waals surface area contributed by atoms with Crippen LogP contribution < -0.4 is 10.5 Å². The van der Waals surface area contributed by atoms with Crippen LogP contribution in [0.1, 0.15) is 40.0 Å². The van der Waals surface area contributed by atoms with Gasteiger partial charge in [0.05, 0.1) is 22.5 Å². The number of carbonyl (C=O) groups excluding carboxylic acids is 1. The van der Waals surface area contributed by atoms with E-state index in [1.54, 1.807) is 12.4 Å². The van der Waals surface area contributed by atoms with Gasteiger partial charge in [-0.15, -0.1) is 0 Å². The number of nitrogens with one attached hydrogen (secondary N) is 1. The number of hydrogen-bond acceptors (Lipinski definition) is 8. The van der Waals surface area contributed by atoms with Crippen molar-refractivity contribution in [1.29, 1.82) is 0 Å². The number of aromatic nitrogens is 3. The zero-order chi connectivity index (χ0) is 24.6. The molecule has 0 atom stereocenters. The maximum Gasteiger partial charge on any atom is 0.253 e. The predicted octanol–water partition coefficient (Wildman–Crippen LogP) is 2.19. The van der Waals surface area contributed by atoms with Gasteiger partial charge >= 0.3 is 0 Å². The molecule has 2 aliphatic rings. The zero-order valence-corrected chi connectivity index (χ0v) is 20.2. The van der Waals surface area contributed by atoms with E-state index in [-0.39, 0.29) is 10.8 Å². The van der Waals surface area contributed by atoms with E-state index >= 15 is 0 Å². The van der Waals surface area contributed by atoms with Crippen LogP contribution in [-0.2, 0) is 23.1 Å². The fourth-order valence-corrected chi connectivity index (χ4v) is 5.17. The molecule has 35 heavy (non-hydrogen) atoms. The minimum Gasteiger partial charge on any atom is -0.339 e. The number of nitrogens with two attached hydrogens (primary N) is 1. The van der Waals surface area contributed by atoms with E-state index in [0.29, 0.717) is 30.6 Å².